The van der Waals surface area contributed by atoms with Crippen molar-refractivity contribution in [1.29, 1.82) is 0 Å². The molecule has 2 aromatic carbocycles. The van der Waals surface area contributed by atoms with Crippen LogP contribution >= 0.6 is 0 Å². The van der Waals surface area contributed by atoms with Crippen LogP contribution in [-0.2, 0) is 9.47 Å². The van der Waals surface area contributed by atoms with E-state index in [2.05, 4.69) is 67.6 Å². The third-order valence-corrected chi connectivity index (χ3v) is 14.3. The molecule has 4 aliphatic heterocycles. The lowest BCUT2D eigenvalue weighted by Gasteiger charge is -2.42. The summed E-state index contributed by atoms with van der Waals surface area (Å²) in [6.45, 7) is 2.64. The number of carbonyl (C=O) groups excluding carboxylic acids is 2. The summed E-state index contributed by atoms with van der Waals surface area (Å²) in [5.74, 6) is 0.345. The molecule has 6 heterocycles. The van der Waals surface area contributed by atoms with E-state index in [0.717, 1.165) is 62.8 Å². The second kappa shape index (κ2) is 13.6. The predicted octanol–water partition coefficient (Wildman–Crippen LogP) is 6.14. The molecule has 2 aliphatic carbocycles. The first-order valence-corrected chi connectivity index (χ1v) is 19.5. The van der Waals surface area contributed by atoms with E-state index >= 15 is 0 Å². The van der Waals surface area contributed by atoms with E-state index in [1.165, 1.54) is 36.5 Å². The number of likely N-dealkylation sites (tertiary alicyclic amines) is 2. The molecule has 6 aliphatic rings. The van der Waals surface area contributed by atoms with Crippen molar-refractivity contribution in [3.05, 3.63) is 84.7 Å². The van der Waals surface area contributed by atoms with Crippen molar-refractivity contribution in [2.75, 3.05) is 40.4 Å². The molecule has 10 rings (SSSR count). The van der Waals surface area contributed by atoms with Crippen LogP contribution in [-0.4, -0.2) is 104 Å². The second-order valence-electron chi connectivity index (χ2n) is 16.4. The first kappa shape index (κ1) is 35.0. The van der Waals surface area contributed by atoms with Gasteiger partial charge in [-0.3, -0.25) is 0 Å². The Hall–Kier alpha value is -4.68. The summed E-state index contributed by atoms with van der Waals surface area (Å²) in [5.41, 5.74) is 7.16. The predicted molar refractivity (Wildman–Crippen MR) is 200 cm³/mol. The van der Waals surface area contributed by atoms with Gasteiger partial charge in [-0.1, -0.05) is 48.5 Å². The average Bonchev–Trinajstić information content (AvgIpc) is 4.07. The summed E-state index contributed by atoms with van der Waals surface area (Å²) in [7, 11) is 2.85. The van der Waals surface area contributed by atoms with Gasteiger partial charge < -0.3 is 38.6 Å². The fourth-order valence-corrected chi connectivity index (χ4v) is 11.3. The fraction of sp³-hybridized carbons (Fsp3) is 0.524. The Morgan fingerprint density at radius 1 is 0.630 bits per heavy atom. The number of aliphatic hydroxyl groups excluding tert-OH is 2. The summed E-state index contributed by atoms with van der Waals surface area (Å²) in [4.78, 5) is 35.8. The number of fused-ring (bicyclic) bond motifs is 6. The van der Waals surface area contributed by atoms with Crippen molar-refractivity contribution in [2.24, 2.45) is 22.7 Å². The van der Waals surface area contributed by atoms with E-state index in [0.29, 0.717) is 26.2 Å². The van der Waals surface area contributed by atoms with Gasteiger partial charge >= 0.3 is 12.2 Å². The summed E-state index contributed by atoms with van der Waals surface area (Å²) in [5, 5.41) is 22.9. The Morgan fingerprint density at radius 2 is 1.02 bits per heavy atom. The number of amides is 2. The molecule has 4 fully saturated rings. The van der Waals surface area contributed by atoms with E-state index in [-0.39, 0.29) is 59.1 Å². The zero-order valence-electron chi connectivity index (χ0n) is 31.1. The highest BCUT2D eigenvalue weighted by atomic mass is 16.5. The minimum absolute atomic E-state index is 0.0898. The van der Waals surface area contributed by atoms with Crippen LogP contribution in [0.5, 0.6) is 0 Å². The van der Waals surface area contributed by atoms with Gasteiger partial charge in [0.05, 0.1) is 74.9 Å². The number of aliphatic hydroxyl groups is 2. The third-order valence-electron chi connectivity index (χ3n) is 14.3. The SMILES string of the molecule is COC(=O)N1CCC2(CC[C@@H]([C@H]3c4ccccc4-c4cncn43)[C@H]2O)CC1.COC(=O)N1CCC2(CC[C@H]([C@@H]3c4ccccc4-c4cncn43)[C@@H]2O)CC1. The van der Waals surface area contributed by atoms with Crippen molar-refractivity contribution < 1.29 is 29.3 Å². The minimum Gasteiger partial charge on any atom is -0.453 e. The maximum absolute atomic E-state index is 11.8. The van der Waals surface area contributed by atoms with Crippen LogP contribution in [0, 0.1) is 22.7 Å². The number of ether oxygens (including phenoxy) is 2. The Bertz CT molecular complexity index is 1880. The van der Waals surface area contributed by atoms with Crippen molar-refractivity contribution in [3.63, 3.8) is 0 Å². The summed E-state index contributed by atoms with van der Waals surface area (Å²) >= 11 is 0. The summed E-state index contributed by atoms with van der Waals surface area (Å²) < 4.78 is 14.2. The summed E-state index contributed by atoms with van der Waals surface area (Å²) in [6, 6.07) is 17.2. The molecule has 2 saturated carbocycles. The fourth-order valence-electron chi connectivity index (χ4n) is 11.3. The number of rotatable bonds is 2. The molecular weight excluding hydrogens is 684 g/mol. The van der Waals surface area contributed by atoms with Crippen LogP contribution in [0.25, 0.3) is 22.5 Å². The number of carbonyl (C=O) groups is 2. The average molecular weight is 735 g/mol. The first-order valence-electron chi connectivity index (χ1n) is 19.5. The van der Waals surface area contributed by atoms with Crippen molar-refractivity contribution in [1.82, 2.24) is 28.9 Å². The highest BCUT2D eigenvalue weighted by Gasteiger charge is 2.54. The Kier molecular flexibility index (Phi) is 8.80. The minimum atomic E-state index is -0.372. The van der Waals surface area contributed by atoms with E-state index < -0.39 is 0 Å². The molecular formula is C42H50N6O6. The van der Waals surface area contributed by atoms with Gasteiger partial charge in [-0.25, -0.2) is 19.6 Å². The number of methoxy groups -OCH3 is 2. The van der Waals surface area contributed by atoms with E-state index in [1.54, 1.807) is 9.80 Å². The van der Waals surface area contributed by atoms with Crippen LogP contribution < -0.4 is 0 Å². The van der Waals surface area contributed by atoms with Gasteiger partial charge in [0.2, 0.25) is 0 Å². The first-order chi connectivity index (χ1) is 26.3. The Morgan fingerprint density at radius 3 is 1.41 bits per heavy atom. The highest BCUT2D eigenvalue weighted by molar-refractivity contribution is 5.70. The molecule has 12 heteroatoms. The molecule has 2 amide bonds. The van der Waals surface area contributed by atoms with Gasteiger partial charge in [-0.2, -0.15) is 0 Å². The molecule has 12 nitrogen and oxygen atoms in total. The molecule has 2 spiro atoms. The number of hydrogen-bond donors (Lipinski definition) is 2. The van der Waals surface area contributed by atoms with E-state index in [4.69, 9.17) is 9.47 Å². The Labute approximate surface area is 315 Å². The molecule has 54 heavy (non-hydrogen) atoms. The second-order valence-corrected chi connectivity index (χ2v) is 16.4. The van der Waals surface area contributed by atoms with Crippen LogP contribution in [0.4, 0.5) is 9.59 Å². The third kappa shape index (κ3) is 5.38. The number of imidazole rings is 2. The molecule has 4 aromatic rings. The lowest BCUT2D eigenvalue weighted by molar-refractivity contribution is -0.0239. The zero-order chi connectivity index (χ0) is 37.2. The number of benzene rings is 2. The Balaban J connectivity index is 0.000000142. The zero-order valence-corrected chi connectivity index (χ0v) is 31.1. The van der Waals surface area contributed by atoms with Crippen LogP contribution in [0.15, 0.2) is 73.6 Å². The molecule has 284 valence electrons. The monoisotopic (exact) mass is 734 g/mol. The molecule has 2 saturated heterocycles. The number of piperidine rings is 2. The van der Waals surface area contributed by atoms with E-state index in [9.17, 15) is 19.8 Å². The van der Waals surface area contributed by atoms with E-state index in [1.807, 2.05) is 25.0 Å². The highest BCUT2D eigenvalue weighted by Crippen LogP contribution is 2.57. The molecule has 2 aromatic heterocycles. The quantitative estimate of drug-likeness (QED) is 0.251. The van der Waals surface area contributed by atoms with Crippen LogP contribution in [0.1, 0.15) is 74.6 Å². The normalized spacial score (nSPS) is 28.2. The summed E-state index contributed by atoms with van der Waals surface area (Å²) in [6.07, 6.45) is 13.7. The molecule has 2 N–H and O–H groups in total. The lowest BCUT2D eigenvalue weighted by atomic mass is 9.73. The van der Waals surface area contributed by atoms with Crippen molar-refractivity contribution in [2.45, 2.75) is 75.7 Å². The van der Waals surface area contributed by atoms with Gasteiger partial charge in [0.25, 0.3) is 0 Å². The maximum atomic E-state index is 11.8. The largest absolute Gasteiger partial charge is 0.453 e. The number of nitrogens with zero attached hydrogens (tertiary/aromatic N) is 6. The van der Waals surface area contributed by atoms with Gasteiger partial charge in [0.15, 0.2) is 0 Å². The standard InChI is InChI=1S/2C21H25N3O3/c2*1-27-20(26)23-10-8-21(9-11-23)7-6-16(19(21)25)18-15-5-3-2-4-14(15)17-12-22-13-24(17)18/h2*2-5,12-13,16,18-19,25H,6-11H2,1H3/t2*16-,18+,19+/m10/s1. The smallest absolute Gasteiger partial charge is 0.409 e. The lowest BCUT2D eigenvalue weighted by Crippen LogP contribution is -2.47. The van der Waals surface area contributed by atoms with Crippen molar-refractivity contribution in [3.8, 4) is 22.5 Å². The topological polar surface area (TPSA) is 135 Å². The maximum Gasteiger partial charge on any atom is 0.409 e. The van der Waals surface area contributed by atoms with Crippen LogP contribution in [0.3, 0.4) is 0 Å². The van der Waals surface area contributed by atoms with Gasteiger partial charge in [-0.15, -0.1) is 0 Å². The molecule has 0 unspecified atom stereocenters. The number of hydrogen-bond acceptors (Lipinski definition) is 8. The van der Waals surface area contributed by atoms with Crippen LogP contribution in [0.2, 0.25) is 0 Å². The van der Waals surface area contributed by atoms with Gasteiger partial charge in [0.1, 0.15) is 0 Å². The van der Waals surface area contributed by atoms with Gasteiger partial charge in [-0.05, 0) is 62.5 Å². The molecule has 0 bridgehead atoms. The molecule has 0 radical (unpaired) electrons. The molecule has 6 atom stereocenters. The van der Waals surface area contributed by atoms with Gasteiger partial charge in [0, 0.05) is 60.0 Å². The van der Waals surface area contributed by atoms with Crippen molar-refractivity contribution >= 4 is 12.2 Å². The number of aromatic nitrogens is 4.